The van der Waals surface area contributed by atoms with Crippen LogP contribution in [0.5, 0.6) is 0 Å². The Bertz CT molecular complexity index is 1130. The summed E-state index contributed by atoms with van der Waals surface area (Å²) in [5.74, 6) is -0.517. The number of hydrogen-bond donors (Lipinski definition) is 1. The van der Waals surface area contributed by atoms with E-state index in [1.54, 1.807) is 0 Å². The van der Waals surface area contributed by atoms with Crippen molar-refractivity contribution in [2.45, 2.75) is 50.7 Å². The number of carbonyl (C=O) groups excluding carboxylic acids is 1. The van der Waals surface area contributed by atoms with Crippen molar-refractivity contribution in [1.82, 2.24) is 19.5 Å². The molecule has 9 heteroatoms. The van der Waals surface area contributed by atoms with E-state index in [2.05, 4.69) is 20.3 Å². The Labute approximate surface area is 183 Å². The molecule has 0 bridgehead atoms. The molecule has 5 rings (SSSR count). The van der Waals surface area contributed by atoms with Crippen molar-refractivity contribution >= 4 is 17.2 Å². The van der Waals surface area contributed by atoms with Crippen molar-refractivity contribution in [3.63, 3.8) is 0 Å². The highest BCUT2D eigenvalue weighted by molar-refractivity contribution is 6.08. The largest absolute Gasteiger partial charge is 0.433 e. The number of anilines is 1. The Kier molecular flexibility index (Phi) is 5.36. The van der Waals surface area contributed by atoms with Crippen LogP contribution in [-0.2, 0) is 12.7 Å². The predicted octanol–water partition coefficient (Wildman–Crippen LogP) is 4.86. The first kappa shape index (κ1) is 20.9. The first-order valence-electron chi connectivity index (χ1n) is 11.0. The Morgan fingerprint density at radius 3 is 2.47 bits per heavy atom. The molecule has 0 atom stereocenters. The van der Waals surface area contributed by atoms with Crippen molar-refractivity contribution in [3.8, 4) is 0 Å². The molecule has 1 saturated heterocycles. The molecule has 1 amide bonds. The predicted molar refractivity (Wildman–Crippen MR) is 113 cm³/mol. The third-order valence-corrected chi connectivity index (χ3v) is 6.09. The van der Waals surface area contributed by atoms with E-state index < -0.39 is 17.8 Å². The maximum Gasteiger partial charge on any atom is 0.433 e. The molecule has 168 valence electrons. The first-order chi connectivity index (χ1) is 15.4. The number of benzene rings is 1. The fourth-order valence-corrected chi connectivity index (χ4v) is 4.20. The lowest BCUT2D eigenvalue weighted by molar-refractivity contribution is -0.142. The van der Waals surface area contributed by atoms with Gasteiger partial charge in [-0.25, -0.2) is 9.50 Å². The van der Waals surface area contributed by atoms with E-state index in [0.29, 0.717) is 15.9 Å². The van der Waals surface area contributed by atoms with Crippen LogP contribution in [0.2, 0.25) is 0 Å². The Morgan fingerprint density at radius 1 is 1.09 bits per heavy atom. The van der Waals surface area contributed by atoms with Crippen LogP contribution in [0.25, 0.3) is 5.65 Å². The van der Waals surface area contributed by atoms with Gasteiger partial charge in [0.2, 0.25) is 0 Å². The van der Waals surface area contributed by atoms with Crippen LogP contribution in [0.4, 0.5) is 18.9 Å². The van der Waals surface area contributed by atoms with Gasteiger partial charge in [0.1, 0.15) is 11.3 Å². The number of alkyl halides is 3. The maximum absolute atomic E-state index is 13.6. The normalized spacial score (nSPS) is 17.6. The van der Waals surface area contributed by atoms with E-state index in [4.69, 9.17) is 0 Å². The Morgan fingerprint density at radius 2 is 1.81 bits per heavy atom. The lowest BCUT2D eigenvalue weighted by Crippen LogP contribution is -2.29. The number of carbonyl (C=O) groups is 1. The molecular weight excluding hydrogens is 419 g/mol. The summed E-state index contributed by atoms with van der Waals surface area (Å²) in [5, 5.41) is 6.58. The molecule has 0 radical (unpaired) electrons. The topological polar surface area (TPSA) is 62.5 Å². The molecule has 1 aliphatic carbocycles. The van der Waals surface area contributed by atoms with Crippen LogP contribution in [0.3, 0.4) is 0 Å². The number of hydrogen-bond acceptors (Lipinski definition) is 4. The Hall–Kier alpha value is -2.94. The number of fused-ring (bicyclic) bond motifs is 1. The number of piperidine rings is 1. The third kappa shape index (κ3) is 4.34. The highest BCUT2D eigenvalue weighted by Gasteiger charge is 2.38. The van der Waals surface area contributed by atoms with E-state index in [1.807, 2.05) is 24.3 Å². The molecule has 2 aliphatic rings. The zero-order chi connectivity index (χ0) is 22.3. The van der Waals surface area contributed by atoms with Crippen LogP contribution < -0.4 is 5.32 Å². The van der Waals surface area contributed by atoms with Gasteiger partial charge < -0.3 is 5.32 Å². The molecule has 6 nitrogen and oxygen atoms in total. The summed E-state index contributed by atoms with van der Waals surface area (Å²) >= 11 is 0. The van der Waals surface area contributed by atoms with Crippen molar-refractivity contribution < 1.29 is 18.0 Å². The van der Waals surface area contributed by atoms with E-state index in [-0.39, 0.29) is 17.1 Å². The lowest BCUT2D eigenvalue weighted by atomic mass is 10.1. The summed E-state index contributed by atoms with van der Waals surface area (Å²) in [6.07, 6.45) is 1.90. The average molecular weight is 443 g/mol. The molecular formula is C23H24F3N5O. The molecule has 1 N–H and O–H groups in total. The van der Waals surface area contributed by atoms with Gasteiger partial charge in [0.25, 0.3) is 5.91 Å². The summed E-state index contributed by atoms with van der Waals surface area (Å²) < 4.78 is 41.4. The summed E-state index contributed by atoms with van der Waals surface area (Å²) in [5.41, 5.74) is 1.14. The standard InChI is InChI=1S/C23H24F3N5O/c24-23(25,26)20-12-19(16-6-7-16)29-21-18(13-27-31(20)21)22(32)28-17-8-4-15(5-9-17)14-30-10-2-1-3-11-30/h4-5,8-9,12-13,16H,1-3,6-7,10-11,14H2,(H,28,32). The second-order valence-corrected chi connectivity index (χ2v) is 8.62. The fourth-order valence-electron chi connectivity index (χ4n) is 4.20. The van der Waals surface area contributed by atoms with Crippen LogP contribution in [0.1, 0.15) is 65.3 Å². The zero-order valence-electron chi connectivity index (χ0n) is 17.5. The maximum atomic E-state index is 13.6. The smallest absolute Gasteiger partial charge is 0.322 e. The molecule has 2 aromatic heterocycles. The zero-order valence-corrected chi connectivity index (χ0v) is 17.5. The second-order valence-electron chi connectivity index (χ2n) is 8.62. The van der Waals surface area contributed by atoms with Gasteiger partial charge >= 0.3 is 6.18 Å². The highest BCUT2D eigenvalue weighted by Crippen LogP contribution is 2.41. The summed E-state index contributed by atoms with van der Waals surface area (Å²) in [6, 6.07) is 8.59. The Balaban J connectivity index is 1.36. The van der Waals surface area contributed by atoms with Crippen LogP contribution >= 0.6 is 0 Å². The van der Waals surface area contributed by atoms with Gasteiger partial charge in [-0.15, -0.1) is 0 Å². The monoisotopic (exact) mass is 443 g/mol. The molecule has 3 heterocycles. The second kappa shape index (κ2) is 8.20. The van der Waals surface area contributed by atoms with Crippen molar-refractivity contribution in [2.75, 3.05) is 18.4 Å². The lowest BCUT2D eigenvalue weighted by Gasteiger charge is -2.26. The number of likely N-dealkylation sites (tertiary alicyclic amines) is 1. The first-order valence-corrected chi connectivity index (χ1v) is 11.0. The number of amides is 1. The molecule has 1 saturated carbocycles. The van der Waals surface area contributed by atoms with Crippen molar-refractivity contribution in [2.24, 2.45) is 0 Å². The van der Waals surface area contributed by atoms with E-state index in [9.17, 15) is 18.0 Å². The number of nitrogens with zero attached hydrogens (tertiary/aromatic N) is 4. The highest BCUT2D eigenvalue weighted by atomic mass is 19.4. The quantitative estimate of drug-likeness (QED) is 0.612. The number of rotatable bonds is 5. The molecule has 0 unspecified atom stereocenters. The molecule has 2 fully saturated rings. The minimum Gasteiger partial charge on any atom is -0.322 e. The van der Waals surface area contributed by atoms with Crippen LogP contribution in [0.15, 0.2) is 36.5 Å². The van der Waals surface area contributed by atoms with Gasteiger partial charge in [0, 0.05) is 23.8 Å². The molecule has 0 spiro atoms. The molecule has 1 aliphatic heterocycles. The number of nitrogens with one attached hydrogen (secondary N) is 1. The minimum absolute atomic E-state index is 0.0133. The van der Waals surface area contributed by atoms with Crippen LogP contribution in [0, 0.1) is 0 Å². The molecule has 3 aromatic rings. The van der Waals surface area contributed by atoms with Crippen molar-refractivity contribution in [1.29, 1.82) is 0 Å². The SMILES string of the molecule is O=C(Nc1ccc(CN2CCCCC2)cc1)c1cnn2c(C(F)(F)F)cc(C3CC3)nc12. The van der Waals surface area contributed by atoms with Gasteiger partial charge in [-0.2, -0.15) is 18.3 Å². The number of aromatic nitrogens is 3. The average Bonchev–Trinajstić information content (AvgIpc) is 3.53. The number of halogens is 3. The van der Waals surface area contributed by atoms with E-state index >= 15 is 0 Å². The third-order valence-electron chi connectivity index (χ3n) is 6.09. The summed E-state index contributed by atoms with van der Waals surface area (Å²) in [4.78, 5) is 19.6. The fraction of sp³-hybridized carbons (Fsp3) is 0.435. The molecule has 1 aromatic carbocycles. The van der Waals surface area contributed by atoms with Crippen LogP contribution in [-0.4, -0.2) is 38.5 Å². The van der Waals surface area contributed by atoms with Gasteiger partial charge in [0.15, 0.2) is 5.65 Å². The van der Waals surface area contributed by atoms with Gasteiger partial charge in [-0.3, -0.25) is 9.69 Å². The minimum atomic E-state index is -4.59. The summed E-state index contributed by atoms with van der Waals surface area (Å²) in [6.45, 7) is 3.07. The van der Waals surface area contributed by atoms with Gasteiger partial charge in [-0.05, 0) is 62.5 Å². The summed E-state index contributed by atoms with van der Waals surface area (Å²) in [7, 11) is 0. The van der Waals surface area contributed by atoms with E-state index in [1.165, 1.54) is 19.3 Å². The van der Waals surface area contributed by atoms with Crippen molar-refractivity contribution in [3.05, 3.63) is 59.0 Å². The van der Waals surface area contributed by atoms with E-state index in [0.717, 1.165) is 50.3 Å². The molecule has 32 heavy (non-hydrogen) atoms. The van der Waals surface area contributed by atoms with Gasteiger partial charge in [0.05, 0.1) is 6.20 Å². The van der Waals surface area contributed by atoms with Gasteiger partial charge in [-0.1, -0.05) is 18.6 Å².